The van der Waals surface area contributed by atoms with E-state index in [4.69, 9.17) is 4.99 Å². The molecule has 0 saturated heterocycles. The van der Waals surface area contributed by atoms with Crippen molar-refractivity contribution in [3.05, 3.63) is 0 Å². The molecule has 0 bridgehead atoms. The molecule has 0 amide bonds. The third-order valence-electron chi connectivity index (χ3n) is 4.43. The minimum atomic E-state index is 0. The van der Waals surface area contributed by atoms with Gasteiger partial charge in [0.05, 0.1) is 0 Å². The SMILES string of the molecule is CCNC(=NCC1(CCO)CCCCC1)NCC(C)SC.I. The number of rotatable bonds is 8. The molecule has 4 nitrogen and oxygen atoms in total. The average molecular weight is 443 g/mol. The fraction of sp³-hybridized carbons (Fsp3) is 0.938. The molecule has 1 aliphatic carbocycles. The van der Waals surface area contributed by atoms with Crippen LogP contribution in [-0.2, 0) is 0 Å². The number of guanidine groups is 1. The maximum atomic E-state index is 9.38. The van der Waals surface area contributed by atoms with Gasteiger partial charge in [-0.1, -0.05) is 26.2 Å². The summed E-state index contributed by atoms with van der Waals surface area (Å²) in [5, 5.41) is 16.7. The van der Waals surface area contributed by atoms with E-state index in [1.54, 1.807) is 0 Å². The van der Waals surface area contributed by atoms with Gasteiger partial charge in [0, 0.05) is 31.5 Å². The lowest BCUT2D eigenvalue weighted by Gasteiger charge is -2.35. The van der Waals surface area contributed by atoms with E-state index in [1.165, 1.54) is 32.1 Å². The minimum absolute atomic E-state index is 0. The molecule has 1 unspecified atom stereocenters. The zero-order chi connectivity index (χ0) is 15.6. The normalized spacial score (nSPS) is 19.2. The Kier molecular flexibility index (Phi) is 12.9. The van der Waals surface area contributed by atoms with E-state index in [1.807, 2.05) is 11.8 Å². The van der Waals surface area contributed by atoms with E-state index in [0.717, 1.165) is 32.0 Å². The van der Waals surface area contributed by atoms with E-state index in [2.05, 4.69) is 30.7 Å². The number of hydrogen-bond donors (Lipinski definition) is 3. The quantitative estimate of drug-likeness (QED) is 0.306. The number of aliphatic hydroxyl groups is 1. The zero-order valence-electron chi connectivity index (χ0n) is 14.4. The Morgan fingerprint density at radius 1 is 1.27 bits per heavy atom. The van der Waals surface area contributed by atoms with Gasteiger partial charge in [-0.3, -0.25) is 4.99 Å². The Morgan fingerprint density at radius 3 is 2.50 bits per heavy atom. The summed E-state index contributed by atoms with van der Waals surface area (Å²) in [6.07, 6.45) is 9.33. The standard InChI is InChI=1S/C16H33N3OS.HI/c1-4-17-15(18-12-14(2)21-3)19-13-16(10-11-20)8-6-5-7-9-16;/h14,20H,4-13H2,1-3H3,(H2,17,18,19);1H. The summed E-state index contributed by atoms with van der Waals surface area (Å²) in [6.45, 7) is 7.24. The van der Waals surface area contributed by atoms with Crippen molar-refractivity contribution in [3.8, 4) is 0 Å². The zero-order valence-corrected chi connectivity index (χ0v) is 17.5. The lowest BCUT2D eigenvalue weighted by atomic mass is 9.72. The van der Waals surface area contributed by atoms with Gasteiger partial charge in [-0.25, -0.2) is 0 Å². The molecule has 0 heterocycles. The number of nitrogens with one attached hydrogen (secondary N) is 2. The Labute approximate surface area is 157 Å². The van der Waals surface area contributed by atoms with Gasteiger partial charge in [-0.2, -0.15) is 11.8 Å². The molecule has 0 radical (unpaired) electrons. The maximum absolute atomic E-state index is 9.38. The number of halogens is 1. The number of hydrogen-bond acceptors (Lipinski definition) is 3. The first-order valence-corrected chi connectivity index (χ1v) is 9.60. The topological polar surface area (TPSA) is 56.7 Å². The molecule has 0 spiro atoms. The van der Waals surface area contributed by atoms with E-state index in [9.17, 15) is 5.11 Å². The van der Waals surface area contributed by atoms with Crippen molar-refractivity contribution in [2.45, 2.75) is 57.6 Å². The van der Waals surface area contributed by atoms with Gasteiger partial charge in [0.2, 0.25) is 0 Å². The largest absolute Gasteiger partial charge is 0.396 e. The molecule has 1 rings (SSSR count). The fourth-order valence-electron chi connectivity index (χ4n) is 2.94. The third kappa shape index (κ3) is 8.24. The van der Waals surface area contributed by atoms with Crippen LogP contribution < -0.4 is 10.6 Å². The van der Waals surface area contributed by atoms with Crippen LogP contribution in [0.3, 0.4) is 0 Å². The van der Waals surface area contributed by atoms with Crippen LogP contribution in [0.25, 0.3) is 0 Å². The predicted molar refractivity (Wildman–Crippen MR) is 110 cm³/mol. The van der Waals surface area contributed by atoms with Gasteiger partial charge in [-0.15, -0.1) is 24.0 Å². The Balaban J connectivity index is 0.00000441. The third-order valence-corrected chi connectivity index (χ3v) is 5.40. The van der Waals surface area contributed by atoms with Crippen molar-refractivity contribution < 1.29 is 5.11 Å². The Bertz CT molecular complexity index is 304. The van der Waals surface area contributed by atoms with Gasteiger partial charge in [0.1, 0.15) is 0 Å². The molecule has 0 aromatic heterocycles. The van der Waals surface area contributed by atoms with E-state index >= 15 is 0 Å². The van der Waals surface area contributed by atoms with Crippen LogP contribution in [-0.4, -0.2) is 48.8 Å². The van der Waals surface area contributed by atoms with E-state index in [-0.39, 0.29) is 36.0 Å². The summed E-state index contributed by atoms with van der Waals surface area (Å²) in [5.41, 5.74) is 0.223. The summed E-state index contributed by atoms with van der Waals surface area (Å²) in [4.78, 5) is 4.81. The Hall–Kier alpha value is 0.310. The molecule has 1 atom stereocenters. The van der Waals surface area contributed by atoms with Gasteiger partial charge in [-0.05, 0) is 37.9 Å². The number of aliphatic imine (C=N–C) groups is 1. The van der Waals surface area contributed by atoms with Crippen LogP contribution in [0.15, 0.2) is 4.99 Å². The first kappa shape index (κ1) is 22.3. The lowest BCUT2D eigenvalue weighted by Crippen LogP contribution is -2.41. The first-order chi connectivity index (χ1) is 10.2. The van der Waals surface area contributed by atoms with Crippen molar-refractivity contribution in [3.63, 3.8) is 0 Å². The van der Waals surface area contributed by atoms with Crippen LogP contribution in [0, 0.1) is 5.41 Å². The van der Waals surface area contributed by atoms with E-state index in [0.29, 0.717) is 5.25 Å². The molecule has 0 aromatic rings. The molecule has 3 N–H and O–H groups in total. The summed E-state index contributed by atoms with van der Waals surface area (Å²) in [5.74, 6) is 0.918. The summed E-state index contributed by atoms with van der Waals surface area (Å²) >= 11 is 1.86. The van der Waals surface area contributed by atoms with Crippen molar-refractivity contribution in [2.75, 3.05) is 32.5 Å². The summed E-state index contributed by atoms with van der Waals surface area (Å²) in [7, 11) is 0. The highest BCUT2D eigenvalue weighted by molar-refractivity contribution is 14.0. The van der Waals surface area contributed by atoms with Crippen LogP contribution >= 0.6 is 35.7 Å². The highest BCUT2D eigenvalue weighted by atomic mass is 127. The molecule has 0 aromatic carbocycles. The molecule has 6 heteroatoms. The van der Waals surface area contributed by atoms with Crippen LogP contribution in [0.5, 0.6) is 0 Å². The molecule has 22 heavy (non-hydrogen) atoms. The molecule has 132 valence electrons. The number of thioether (sulfide) groups is 1. The highest BCUT2D eigenvalue weighted by Gasteiger charge is 2.31. The van der Waals surface area contributed by atoms with Crippen molar-refractivity contribution in [1.82, 2.24) is 10.6 Å². The van der Waals surface area contributed by atoms with Gasteiger partial charge in [0.25, 0.3) is 0 Å². The molecule has 1 saturated carbocycles. The van der Waals surface area contributed by atoms with Crippen LogP contribution in [0.4, 0.5) is 0 Å². The molecular weight excluding hydrogens is 409 g/mol. The van der Waals surface area contributed by atoms with Gasteiger partial charge in [0.15, 0.2) is 5.96 Å². The average Bonchev–Trinajstić information content (AvgIpc) is 2.51. The van der Waals surface area contributed by atoms with Crippen LogP contribution in [0.2, 0.25) is 0 Å². The fourth-order valence-corrected chi connectivity index (χ4v) is 3.19. The predicted octanol–water partition coefficient (Wildman–Crippen LogP) is 3.24. The second-order valence-corrected chi connectivity index (χ2v) is 7.43. The Morgan fingerprint density at radius 2 is 1.95 bits per heavy atom. The van der Waals surface area contributed by atoms with Gasteiger partial charge < -0.3 is 15.7 Å². The molecular formula is C16H34IN3OS. The van der Waals surface area contributed by atoms with Crippen molar-refractivity contribution in [1.29, 1.82) is 0 Å². The second-order valence-electron chi connectivity index (χ2n) is 6.16. The molecule has 1 fully saturated rings. The smallest absolute Gasteiger partial charge is 0.191 e. The van der Waals surface area contributed by atoms with Crippen LogP contribution in [0.1, 0.15) is 52.4 Å². The molecule has 0 aliphatic heterocycles. The maximum Gasteiger partial charge on any atom is 0.191 e. The number of aliphatic hydroxyl groups excluding tert-OH is 1. The van der Waals surface area contributed by atoms with Gasteiger partial charge >= 0.3 is 0 Å². The highest BCUT2D eigenvalue weighted by Crippen LogP contribution is 2.39. The van der Waals surface area contributed by atoms with Crippen molar-refractivity contribution in [2.24, 2.45) is 10.4 Å². The van der Waals surface area contributed by atoms with E-state index < -0.39 is 0 Å². The summed E-state index contributed by atoms with van der Waals surface area (Å²) in [6, 6.07) is 0. The minimum Gasteiger partial charge on any atom is -0.396 e. The number of nitrogens with zero attached hydrogens (tertiary/aromatic N) is 1. The lowest BCUT2D eigenvalue weighted by molar-refractivity contribution is 0.137. The first-order valence-electron chi connectivity index (χ1n) is 8.31. The molecule has 1 aliphatic rings. The summed E-state index contributed by atoms with van der Waals surface area (Å²) < 4.78 is 0. The second kappa shape index (κ2) is 12.7. The monoisotopic (exact) mass is 443 g/mol. The van der Waals surface area contributed by atoms with Crippen molar-refractivity contribution >= 4 is 41.7 Å².